The minimum Gasteiger partial charge on any atom is -0.462 e. The van der Waals surface area contributed by atoms with Gasteiger partial charge in [-0.05, 0) is 24.6 Å². The molecule has 0 aliphatic carbocycles. The molecule has 1 heterocycles. The zero-order chi connectivity index (χ0) is 17.0. The predicted molar refractivity (Wildman–Crippen MR) is 84.4 cm³/mol. The van der Waals surface area contributed by atoms with E-state index in [-0.39, 0.29) is 5.13 Å². The number of rotatable bonds is 5. The number of aromatic nitrogens is 1. The first-order chi connectivity index (χ1) is 10.8. The molecule has 0 saturated carbocycles. The van der Waals surface area contributed by atoms with Crippen molar-refractivity contribution in [1.82, 2.24) is 10.1 Å². The lowest BCUT2D eigenvalue weighted by Crippen LogP contribution is -2.25. The van der Waals surface area contributed by atoms with Crippen LogP contribution >= 0.6 is 19.1 Å². The smallest absolute Gasteiger partial charge is 0.431 e. The number of nitrogens with zero attached hydrogens (tertiary/aromatic N) is 1. The van der Waals surface area contributed by atoms with Crippen LogP contribution in [0.15, 0.2) is 18.2 Å². The van der Waals surface area contributed by atoms with Gasteiger partial charge in [-0.1, -0.05) is 18.3 Å². The lowest BCUT2D eigenvalue weighted by molar-refractivity contribution is 0.0505. The zero-order valence-corrected chi connectivity index (χ0v) is 13.7. The van der Waals surface area contributed by atoms with Gasteiger partial charge in [-0.25, -0.2) is 24.2 Å². The number of carbonyl (C=O) groups is 2. The second-order valence-electron chi connectivity index (χ2n) is 4.45. The summed E-state index contributed by atoms with van der Waals surface area (Å²) in [5.41, 5.74) is 0.898. The van der Waals surface area contributed by atoms with Gasteiger partial charge in [0.05, 0.1) is 22.4 Å². The van der Waals surface area contributed by atoms with E-state index in [1.807, 2.05) is 6.92 Å². The molecule has 2 amide bonds. The Balaban J connectivity index is 2.14. The van der Waals surface area contributed by atoms with E-state index >= 15 is 0 Å². The molecule has 9 nitrogen and oxygen atoms in total. The number of thiazole rings is 1. The Bertz CT molecular complexity index is 786. The maximum absolute atomic E-state index is 11.8. The van der Waals surface area contributed by atoms with Crippen molar-refractivity contribution in [3.63, 3.8) is 0 Å². The highest BCUT2D eigenvalue weighted by molar-refractivity contribution is 7.50. The SMILES string of the molecule is CCCOC(=O)c1ccc2nc(NC(=O)NP(=O)(O)O)sc2c1. The molecule has 124 valence electrons. The average molecular weight is 359 g/mol. The van der Waals surface area contributed by atoms with Gasteiger partial charge in [-0.3, -0.25) is 5.32 Å². The van der Waals surface area contributed by atoms with Crippen molar-refractivity contribution in [2.24, 2.45) is 0 Å². The van der Waals surface area contributed by atoms with Gasteiger partial charge in [0.2, 0.25) is 0 Å². The molecule has 0 radical (unpaired) electrons. The Kier molecular flexibility index (Phi) is 5.32. The molecule has 1 aromatic heterocycles. The number of hydrogen-bond donors (Lipinski definition) is 4. The van der Waals surface area contributed by atoms with E-state index in [0.29, 0.717) is 22.4 Å². The number of nitrogens with one attached hydrogen (secondary N) is 2. The first kappa shape index (κ1) is 17.4. The van der Waals surface area contributed by atoms with Crippen molar-refractivity contribution in [1.29, 1.82) is 0 Å². The molecule has 1 aromatic carbocycles. The predicted octanol–water partition coefficient (Wildman–Crippen LogP) is 2.08. The molecule has 23 heavy (non-hydrogen) atoms. The number of ether oxygens (including phenoxy) is 1. The third-order valence-electron chi connectivity index (χ3n) is 2.53. The molecular weight excluding hydrogens is 345 g/mol. The van der Waals surface area contributed by atoms with E-state index in [4.69, 9.17) is 14.5 Å². The van der Waals surface area contributed by atoms with Crippen LogP contribution in [-0.2, 0) is 9.30 Å². The normalized spacial score (nSPS) is 11.3. The van der Waals surface area contributed by atoms with Crippen molar-refractivity contribution < 1.29 is 28.7 Å². The second-order valence-corrected chi connectivity index (χ2v) is 6.79. The molecule has 4 N–H and O–H groups in total. The molecule has 0 unspecified atom stereocenters. The van der Waals surface area contributed by atoms with Crippen LogP contribution in [0.5, 0.6) is 0 Å². The Labute approximate surface area is 134 Å². The number of esters is 1. The zero-order valence-electron chi connectivity index (χ0n) is 12.0. The van der Waals surface area contributed by atoms with Gasteiger partial charge in [0.25, 0.3) is 0 Å². The van der Waals surface area contributed by atoms with Gasteiger partial charge in [-0.2, -0.15) is 0 Å². The Hall–Kier alpha value is -2.00. The number of urea groups is 1. The summed E-state index contributed by atoms with van der Waals surface area (Å²) >= 11 is 1.06. The van der Waals surface area contributed by atoms with Crippen molar-refractivity contribution in [2.45, 2.75) is 13.3 Å². The minimum atomic E-state index is -4.67. The van der Waals surface area contributed by atoms with E-state index in [1.54, 1.807) is 18.2 Å². The summed E-state index contributed by atoms with van der Waals surface area (Å²) in [5.74, 6) is -0.448. The van der Waals surface area contributed by atoms with Gasteiger partial charge in [0.15, 0.2) is 5.13 Å². The van der Waals surface area contributed by atoms with E-state index in [1.165, 1.54) is 5.09 Å². The Morgan fingerprint density at radius 3 is 2.78 bits per heavy atom. The van der Waals surface area contributed by atoms with Gasteiger partial charge in [0, 0.05) is 0 Å². The molecule has 0 saturated heterocycles. The number of carbonyl (C=O) groups excluding carboxylic acids is 2. The van der Waals surface area contributed by atoms with Crippen molar-refractivity contribution in [3.05, 3.63) is 23.8 Å². The highest BCUT2D eigenvalue weighted by atomic mass is 32.1. The maximum atomic E-state index is 11.8. The van der Waals surface area contributed by atoms with Crippen LogP contribution < -0.4 is 10.4 Å². The lowest BCUT2D eigenvalue weighted by Gasteiger charge is -2.05. The van der Waals surface area contributed by atoms with Crippen LogP contribution in [-0.4, -0.2) is 33.4 Å². The molecule has 0 spiro atoms. The molecule has 0 aliphatic heterocycles. The van der Waals surface area contributed by atoms with E-state index in [0.717, 1.165) is 17.8 Å². The third-order valence-corrected chi connectivity index (χ3v) is 3.96. The summed E-state index contributed by atoms with van der Waals surface area (Å²) in [6, 6.07) is 3.66. The fourth-order valence-corrected chi connectivity index (χ4v) is 2.86. The van der Waals surface area contributed by atoms with Crippen LogP contribution in [0.1, 0.15) is 23.7 Å². The second kappa shape index (κ2) is 7.05. The maximum Gasteiger partial charge on any atom is 0.431 e. The molecule has 2 rings (SSSR count). The molecule has 0 bridgehead atoms. The number of hydrogen-bond acceptors (Lipinski definition) is 6. The Morgan fingerprint density at radius 2 is 2.13 bits per heavy atom. The highest BCUT2D eigenvalue weighted by Gasteiger charge is 2.18. The molecule has 0 aliphatic rings. The summed E-state index contributed by atoms with van der Waals surface area (Å²) in [6.07, 6.45) is 0.720. The van der Waals surface area contributed by atoms with Crippen LogP contribution in [0.2, 0.25) is 0 Å². The van der Waals surface area contributed by atoms with Gasteiger partial charge >= 0.3 is 19.7 Å². The summed E-state index contributed by atoms with van der Waals surface area (Å²) in [5, 5.41) is 3.84. The van der Waals surface area contributed by atoms with Crippen LogP contribution in [0.25, 0.3) is 10.2 Å². The summed E-state index contributed by atoms with van der Waals surface area (Å²) in [4.78, 5) is 44.5. The first-order valence-electron chi connectivity index (χ1n) is 6.51. The Morgan fingerprint density at radius 1 is 1.39 bits per heavy atom. The van der Waals surface area contributed by atoms with Crippen molar-refractivity contribution >= 4 is 46.4 Å². The third kappa shape index (κ3) is 5.00. The van der Waals surface area contributed by atoms with Gasteiger partial charge in [-0.15, -0.1) is 0 Å². The molecule has 0 fully saturated rings. The van der Waals surface area contributed by atoms with Crippen LogP contribution in [0, 0.1) is 0 Å². The van der Waals surface area contributed by atoms with Gasteiger partial charge in [0.1, 0.15) is 0 Å². The lowest BCUT2D eigenvalue weighted by atomic mass is 10.2. The average Bonchev–Trinajstić information content (AvgIpc) is 2.83. The summed E-state index contributed by atoms with van der Waals surface area (Å²) in [6.45, 7) is 2.22. The fraction of sp³-hybridized carbons (Fsp3) is 0.250. The first-order valence-corrected chi connectivity index (χ1v) is 8.94. The minimum absolute atomic E-state index is 0.144. The topological polar surface area (TPSA) is 138 Å². The standard InChI is InChI=1S/C12H14N3O6PS/c1-2-5-21-10(16)7-3-4-8-9(6-7)23-12(13-8)14-11(17)15-22(18,19)20/h3-4,6H,2,5H2,1H3,(H4,13,14,15,17,18,19,20). The van der Waals surface area contributed by atoms with Gasteiger partial charge < -0.3 is 14.5 Å². The van der Waals surface area contributed by atoms with Crippen LogP contribution in [0.3, 0.4) is 0 Å². The van der Waals surface area contributed by atoms with Crippen molar-refractivity contribution in [2.75, 3.05) is 11.9 Å². The number of amides is 2. The number of fused-ring (bicyclic) bond motifs is 1. The molecular formula is C12H14N3O6PS. The van der Waals surface area contributed by atoms with Crippen LogP contribution in [0.4, 0.5) is 9.93 Å². The van der Waals surface area contributed by atoms with E-state index < -0.39 is 19.7 Å². The number of benzene rings is 1. The highest BCUT2D eigenvalue weighted by Crippen LogP contribution is 2.30. The monoisotopic (exact) mass is 359 g/mol. The van der Waals surface area contributed by atoms with E-state index in [9.17, 15) is 14.2 Å². The summed E-state index contributed by atoms with van der Waals surface area (Å²) in [7, 11) is -4.67. The number of anilines is 1. The van der Waals surface area contributed by atoms with Crippen molar-refractivity contribution in [3.8, 4) is 0 Å². The molecule has 11 heteroatoms. The molecule has 0 atom stereocenters. The quantitative estimate of drug-likeness (QED) is 0.473. The largest absolute Gasteiger partial charge is 0.462 e. The molecule has 2 aromatic rings. The fourth-order valence-electron chi connectivity index (χ4n) is 1.64. The summed E-state index contributed by atoms with van der Waals surface area (Å²) < 4.78 is 16.3. The van der Waals surface area contributed by atoms with E-state index in [2.05, 4.69) is 10.3 Å².